The van der Waals surface area contributed by atoms with Gasteiger partial charge in [-0.3, -0.25) is 0 Å². The van der Waals surface area contributed by atoms with E-state index >= 15 is 0 Å². The van der Waals surface area contributed by atoms with Crippen LogP contribution in [0.3, 0.4) is 0 Å². The van der Waals surface area contributed by atoms with E-state index < -0.39 is 5.82 Å². The molecule has 0 radical (unpaired) electrons. The Morgan fingerprint density at radius 3 is 2.75 bits per heavy atom. The van der Waals surface area contributed by atoms with Crippen molar-refractivity contribution in [1.82, 2.24) is 0 Å². The molecule has 3 nitrogen and oxygen atoms in total. The molecule has 0 fully saturated rings. The highest BCUT2D eigenvalue weighted by atomic mass is 127. The van der Waals surface area contributed by atoms with Crippen LogP contribution < -0.4 is 0 Å². The molecule has 5 heteroatoms. The maximum Gasteiger partial charge on any atom is 0.134 e. The monoisotopic (exact) mass is 277 g/mol. The number of hydrogen-bond donors (Lipinski definition) is 0. The minimum atomic E-state index is -0.475. The molecule has 0 saturated carbocycles. The van der Waals surface area contributed by atoms with Gasteiger partial charge in [0.25, 0.3) is 0 Å². The highest BCUT2D eigenvalue weighted by Gasteiger charge is 2.04. The molecule has 0 aromatic heterocycles. The van der Waals surface area contributed by atoms with E-state index in [0.717, 1.165) is 5.56 Å². The zero-order valence-electron chi connectivity index (χ0n) is 6.25. The lowest BCUT2D eigenvalue weighted by molar-refractivity contribution is 0.627. The highest BCUT2D eigenvalue weighted by molar-refractivity contribution is 14.1. The molecule has 0 unspecified atom stereocenters. The Bertz CT molecular complexity index is 335. The lowest BCUT2D eigenvalue weighted by Crippen LogP contribution is -1.82. The molecule has 62 valence electrons. The van der Waals surface area contributed by atoms with Crippen LogP contribution in [0.5, 0.6) is 0 Å². The molecule has 0 spiro atoms. The van der Waals surface area contributed by atoms with Crippen LogP contribution in [0.4, 0.5) is 10.1 Å². The second-order valence-electron chi connectivity index (χ2n) is 2.27. The molecular formula is C7H5FIN3. The van der Waals surface area contributed by atoms with Crippen LogP contribution in [0.25, 0.3) is 10.4 Å². The standard InChI is InChI=1S/C7H5FIN3/c1-4-2-5(8)7(11-12-10)6(9)3-4/h2-3H,1H3. The molecule has 0 heterocycles. The molecule has 1 aromatic carbocycles. The second kappa shape index (κ2) is 3.73. The average molecular weight is 277 g/mol. The van der Waals surface area contributed by atoms with Gasteiger partial charge < -0.3 is 0 Å². The summed E-state index contributed by atoms with van der Waals surface area (Å²) in [6.07, 6.45) is 0. The van der Waals surface area contributed by atoms with Gasteiger partial charge in [0.15, 0.2) is 0 Å². The summed E-state index contributed by atoms with van der Waals surface area (Å²) < 4.78 is 13.7. The lowest BCUT2D eigenvalue weighted by Gasteiger charge is -2.00. The summed E-state index contributed by atoms with van der Waals surface area (Å²) in [6, 6.07) is 3.10. The highest BCUT2D eigenvalue weighted by Crippen LogP contribution is 2.26. The van der Waals surface area contributed by atoms with Gasteiger partial charge in [0, 0.05) is 8.48 Å². The van der Waals surface area contributed by atoms with Gasteiger partial charge in [-0.05, 0) is 52.7 Å². The molecule has 0 amide bonds. The van der Waals surface area contributed by atoms with Gasteiger partial charge in [0.2, 0.25) is 0 Å². The van der Waals surface area contributed by atoms with E-state index in [-0.39, 0.29) is 5.69 Å². The molecule has 1 rings (SSSR count). The summed E-state index contributed by atoms with van der Waals surface area (Å²) in [5, 5.41) is 3.24. The fourth-order valence-corrected chi connectivity index (χ4v) is 1.69. The number of nitrogens with zero attached hydrogens (tertiary/aromatic N) is 3. The molecule has 0 atom stereocenters. The van der Waals surface area contributed by atoms with Crippen LogP contribution >= 0.6 is 22.6 Å². The summed E-state index contributed by atoms with van der Waals surface area (Å²) in [6.45, 7) is 1.78. The van der Waals surface area contributed by atoms with Gasteiger partial charge in [-0.25, -0.2) is 4.39 Å². The maximum absolute atomic E-state index is 13.0. The van der Waals surface area contributed by atoms with Crippen LogP contribution in [0, 0.1) is 16.3 Å². The molecule has 0 bridgehead atoms. The fourth-order valence-electron chi connectivity index (χ4n) is 0.832. The van der Waals surface area contributed by atoms with Crippen LogP contribution in [0.15, 0.2) is 17.2 Å². The van der Waals surface area contributed by atoms with Crippen molar-refractivity contribution in [3.8, 4) is 0 Å². The van der Waals surface area contributed by atoms with Gasteiger partial charge in [0.05, 0.1) is 5.69 Å². The maximum atomic E-state index is 13.0. The second-order valence-corrected chi connectivity index (χ2v) is 3.43. The number of hydrogen-bond acceptors (Lipinski definition) is 1. The Morgan fingerprint density at radius 2 is 2.25 bits per heavy atom. The molecule has 12 heavy (non-hydrogen) atoms. The average Bonchev–Trinajstić information content (AvgIpc) is 1.96. The predicted octanol–water partition coefficient (Wildman–Crippen LogP) is 3.68. The Hall–Kier alpha value is -0.810. The molecule has 0 N–H and O–H groups in total. The number of benzene rings is 1. The Labute approximate surface area is 82.4 Å². The zero-order valence-corrected chi connectivity index (χ0v) is 8.41. The van der Waals surface area contributed by atoms with Gasteiger partial charge in [0.1, 0.15) is 5.82 Å². The number of azide groups is 1. The topological polar surface area (TPSA) is 48.8 Å². The van der Waals surface area contributed by atoms with Crippen LogP contribution in [-0.4, -0.2) is 0 Å². The van der Waals surface area contributed by atoms with Crippen molar-refractivity contribution in [3.63, 3.8) is 0 Å². The van der Waals surface area contributed by atoms with Crippen molar-refractivity contribution in [3.05, 3.63) is 37.5 Å². The Balaban J connectivity index is 3.37. The minimum Gasteiger partial charge on any atom is -0.206 e. The number of rotatable bonds is 1. The molecule has 0 aliphatic rings. The summed E-state index contributed by atoms with van der Waals surface area (Å²) in [5.41, 5.74) is 9.01. The van der Waals surface area contributed by atoms with Gasteiger partial charge in [-0.1, -0.05) is 5.11 Å². The first-order valence-electron chi connectivity index (χ1n) is 3.16. The van der Waals surface area contributed by atoms with E-state index in [4.69, 9.17) is 5.53 Å². The van der Waals surface area contributed by atoms with Crippen LogP contribution in [-0.2, 0) is 0 Å². The van der Waals surface area contributed by atoms with Crippen LogP contribution in [0.1, 0.15) is 5.56 Å². The summed E-state index contributed by atoms with van der Waals surface area (Å²) in [4.78, 5) is 2.54. The number of aryl methyl sites for hydroxylation is 1. The van der Waals surface area contributed by atoms with Crippen molar-refractivity contribution in [2.45, 2.75) is 6.92 Å². The Kier molecular flexibility index (Phi) is 2.88. The lowest BCUT2D eigenvalue weighted by atomic mass is 10.2. The Morgan fingerprint density at radius 1 is 1.58 bits per heavy atom. The first kappa shape index (κ1) is 9.28. The quantitative estimate of drug-likeness (QED) is 0.325. The third kappa shape index (κ3) is 1.86. The molecule has 0 aliphatic heterocycles. The molecule has 0 aliphatic carbocycles. The van der Waals surface area contributed by atoms with Gasteiger partial charge in [-0.2, -0.15) is 0 Å². The first-order valence-corrected chi connectivity index (χ1v) is 4.24. The van der Waals surface area contributed by atoms with Crippen LogP contribution in [0.2, 0.25) is 0 Å². The third-order valence-corrected chi connectivity index (χ3v) is 2.13. The normalized spacial score (nSPS) is 9.25. The summed E-state index contributed by atoms with van der Waals surface area (Å²) >= 11 is 1.93. The molecule has 0 saturated heterocycles. The summed E-state index contributed by atoms with van der Waals surface area (Å²) in [7, 11) is 0. The number of halogens is 2. The molecular weight excluding hydrogens is 272 g/mol. The largest absolute Gasteiger partial charge is 0.206 e. The van der Waals surface area contributed by atoms with E-state index in [2.05, 4.69) is 10.0 Å². The SMILES string of the molecule is Cc1cc(F)c(N=[N+]=[N-])c(I)c1. The smallest absolute Gasteiger partial charge is 0.134 e. The van der Waals surface area contributed by atoms with E-state index in [1.807, 2.05) is 22.6 Å². The molecule has 1 aromatic rings. The summed E-state index contributed by atoms with van der Waals surface area (Å²) in [5.74, 6) is -0.475. The van der Waals surface area contributed by atoms with Gasteiger partial charge in [-0.15, -0.1) is 0 Å². The van der Waals surface area contributed by atoms with E-state index in [1.54, 1.807) is 13.0 Å². The van der Waals surface area contributed by atoms with Crippen molar-refractivity contribution in [2.75, 3.05) is 0 Å². The fraction of sp³-hybridized carbons (Fsp3) is 0.143. The third-order valence-electron chi connectivity index (χ3n) is 1.31. The van der Waals surface area contributed by atoms with Crippen molar-refractivity contribution >= 4 is 28.3 Å². The van der Waals surface area contributed by atoms with Crippen molar-refractivity contribution < 1.29 is 4.39 Å². The predicted molar refractivity (Wildman–Crippen MR) is 52.7 cm³/mol. The van der Waals surface area contributed by atoms with Gasteiger partial charge >= 0.3 is 0 Å². The van der Waals surface area contributed by atoms with E-state index in [0.29, 0.717) is 3.57 Å². The van der Waals surface area contributed by atoms with E-state index in [9.17, 15) is 4.39 Å². The van der Waals surface area contributed by atoms with E-state index in [1.165, 1.54) is 6.07 Å². The van der Waals surface area contributed by atoms with Crippen molar-refractivity contribution in [2.24, 2.45) is 5.11 Å². The van der Waals surface area contributed by atoms with Crippen molar-refractivity contribution in [1.29, 1.82) is 0 Å². The first-order chi connectivity index (χ1) is 5.65. The zero-order chi connectivity index (χ0) is 9.14. The minimum absolute atomic E-state index is 0.0729.